The van der Waals surface area contributed by atoms with E-state index >= 15 is 0 Å². The second-order valence-electron chi connectivity index (χ2n) is 11.2. The molecule has 10 heteroatoms. The number of likely N-dealkylation sites (tertiary alicyclic amines) is 1. The quantitative estimate of drug-likeness (QED) is 0.350. The molecule has 0 spiro atoms. The van der Waals surface area contributed by atoms with Crippen LogP contribution in [-0.2, 0) is 13.0 Å². The van der Waals surface area contributed by atoms with E-state index in [0.29, 0.717) is 30.1 Å². The van der Waals surface area contributed by atoms with Crippen molar-refractivity contribution < 1.29 is 24.2 Å². The van der Waals surface area contributed by atoms with Crippen molar-refractivity contribution >= 4 is 23.7 Å². The van der Waals surface area contributed by atoms with Crippen molar-refractivity contribution in [1.29, 1.82) is 0 Å². The second kappa shape index (κ2) is 14.8. The highest BCUT2D eigenvalue weighted by atomic mass is 16.6. The number of nitrogens with zero attached hydrogens (tertiary/aromatic N) is 4. The second-order valence-corrected chi connectivity index (χ2v) is 11.2. The number of aromatic nitrogens is 1. The fourth-order valence-electron chi connectivity index (χ4n) is 5.45. The Hall–Kier alpha value is -4.28. The van der Waals surface area contributed by atoms with Gasteiger partial charge in [-0.15, -0.1) is 0 Å². The normalized spacial score (nSPS) is 16.0. The average Bonchev–Trinajstić information content (AvgIpc) is 3.03. The zero-order chi connectivity index (χ0) is 30.0. The number of hydrogen-bond acceptors (Lipinski definition) is 7. The molecule has 226 valence electrons. The summed E-state index contributed by atoms with van der Waals surface area (Å²) < 4.78 is 5.58. The molecule has 10 nitrogen and oxygen atoms in total. The number of carboxylic acid groups (broad SMARTS) is 1. The molecule has 0 unspecified atom stereocenters. The minimum atomic E-state index is -0.976. The Labute approximate surface area is 252 Å². The average molecular weight is 586 g/mol. The van der Waals surface area contributed by atoms with Crippen LogP contribution in [0.25, 0.3) is 0 Å². The highest BCUT2D eigenvalue weighted by Gasteiger charge is 2.22. The molecule has 0 saturated carbocycles. The maximum absolute atomic E-state index is 12.7. The van der Waals surface area contributed by atoms with Crippen molar-refractivity contribution in [3.05, 3.63) is 89.2 Å². The minimum Gasteiger partial charge on any atom is -0.478 e. The molecule has 2 amide bonds. The van der Waals surface area contributed by atoms with Crippen molar-refractivity contribution in [3.8, 4) is 5.75 Å². The van der Waals surface area contributed by atoms with Gasteiger partial charge in [-0.3, -0.25) is 19.6 Å². The molecule has 2 aliphatic heterocycles. The number of anilines is 1. The first-order chi connectivity index (χ1) is 20.9. The highest BCUT2D eigenvalue weighted by Crippen LogP contribution is 2.19. The number of pyridine rings is 1. The number of piperazine rings is 1. The van der Waals surface area contributed by atoms with Crippen LogP contribution in [0.4, 0.5) is 10.5 Å². The Morgan fingerprint density at radius 1 is 0.791 bits per heavy atom. The molecule has 0 atom stereocenters. The number of aryl methyl sites for hydroxylation is 1. The van der Waals surface area contributed by atoms with Crippen molar-refractivity contribution in [2.45, 2.75) is 38.6 Å². The Bertz CT molecular complexity index is 1360. The molecule has 2 aromatic carbocycles. The molecular formula is C33H39N5O5. The van der Waals surface area contributed by atoms with E-state index < -0.39 is 5.97 Å². The lowest BCUT2D eigenvalue weighted by atomic mass is 10.1. The number of amides is 2. The van der Waals surface area contributed by atoms with E-state index in [2.05, 4.69) is 20.1 Å². The van der Waals surface area contributed by atoms with Crippen LogP contribution in [0.3, 0.4) is 0 Å². The van der Waals surface area contributed by atoms with Crippen LogP contribution in [0.5, 0.6) is 5.75 Å². The van der Waals surface area contributed by atoms with E-state index in [1.807, 2.05) is 24.3 Å². The van der Waals surface area contributed by atoms with Gasteiger partial charge in [0.2, 0.25) is 0 Å². The van der Waals surface area contributed by atoms with Gasteiger partial charge in [-0.05, 0) is 99.4 Å². The monoisotopic (exact) mass is 585 g/mol. The maximum Gasteiger partial charge on any atom is 0.415 e. The molecule has 2 aliphatic rings. The lowest BCUT2D eigenvalue weighted by molar-refractivity contribution is 0.0696. The Kier molecular flexibility index (Phi) is 10.4. The van der Waals surface area contributed by atoms with Crippen LogP contribution in [0, 0.1) is 0 Å². The SMILES string of the molecule is O=C(O)c1ccc(CCCN2CCN(C(=O)Oc3ccc(NC(=O)c4ccc(CN5CCCCC5)cc4)cc3)CC2)nc1. The van der Waals surface area contributed by atoms with Crippen LogP contribution in [0.15, 0.2) is 66.9 Å². The predicted octanol–water partition coefficient (Wildman–Crippen LogP) is 4.77. The smallest absolute Gasteiger partial charge is 0.415 e. The van der Waals surface area contributed by atoms with Gasteiger partial charge in [0.25, 0.3) is 5.91 Å². The third-order valence-corrected chi connectivity index (χ3v) is 8.00. The van der Waals surface area contributed by atoms with Crippen molar-refractivity contribution in [2.24, 2.45) is 0 Å². The maximum atomic E-state index is 12.7. The molecule has 0 radical (unpaired) electrons. The largest absolute Gasteiger partial charge is 0.478 e. The number of ether oxygens (including phenoxy) is 1. The van der Waals surface area contributed by atoms with Crippen LogP contribution < -0.4 is 10.1 Å². The topological polar surface area (TPSA) is 115 Å². The van der Waals surface area contributed by atoms with Crippen molar-refractivity contribution in [3.63, 3.8) is 0 Å². The van der Waals surface area contributed by atoms with Gasteiger partial charge in [-0.25, -0.2) is 9.59 Å². The number of hydrogen-bond donors (Lipinski definition) is 2. The van der Waals surface area contributed by atoms with Gasteiger partial charge in [0.15, 0.2) is 0 Å². The summed E-state index contributed by atoms with van der Waals surface area (Å²) in [5.74, 6) is -0.732. The lowest BCUT2D eigenvalue weighted by Crippen LogP contribution is -2.49. The van der Waals surface area contributed by atoms with Gasteiger partial charge in [0, 0.05) is 55.9 Å². The molecule has 3 aromatic rings. The standard InChI is InChI=1S/C33H39N5O5/c39-31(26-8-6-25(7-9-26)24-37-16-2-1-3-17-37)35-29-12-14-30(15-13-29)43-33(42)38-21-19-36(20-22-38)18-4-5-28-11-10-27(23-34-28)32(40)41/h6-15,23H,1-5,16-22,24H2,(H,35,39)(H,40,41). The molecule has 1 aromatic heterocycles. The summed E-state index contributed by atoms with van der Waals surface area (Å²) in [5.41, 5.74) is 3.50. The fourth-order valence-corrected chi connectivity index (χ4v) is 5.45. The van der Waals surface area contributed by atoms with E-state index in [4.69, 9.17) is 9.84 Å². The van der Waals surface area contributed by atoms with Gasteiger partial charge in [0.05, 0.1) is 5.56 Å². The number of benzene rings is 2. The Balaban J connectivity index is 1.01. The first kappa shape index (κ1) is 30.2. The molecule has 2 fully saturated rings. The Morgan fingerprint density at radius 3 is 2.14 bits per heavy atom. The number of carbonyl (C=O) groups is 3. The summed E-state index contributed by atoms with van der Waals surface area (Å²) in [5, 5.41) is 11.9. The van der Waals surface area contributed by atoms with Gasteiger partial charge in [-0.2, -0.15) is 0 Å². The van der Waals surface area contributed by atoms with Crippen LogP contribution >= 0.6 is 0 Å². The zero-order valence-corrected chi connectivity index (χ0v) is 24.4. The number of nitrogens with one attached hydrogen (secondary N) is 1. The van der Waals surface area contributed by atoms with Crippen LogP contribution in [0.2, 0.25) is 0 Å². The van der Waals surface area contributed by atoms with Gasteiger partial charge in [0.1, 0.15) is 5.75 Å². The van der Waals surface area contributed by atoms with Crippen LogP contribution in [0.1, 0.15) is 57.7 Å². The summed E-state index contributed by atoms with van der Waals surface area (Å²) in [6.45, 7) is 6.74. The van der Waals surface area contributed by atoms with E-state index in [1.54, 1.807) is 41.3 Å². The molecule has 0 bridgehead atoms. The third-order valence-electron chi connectivity index (χ3n) is 8.00. The van der Waals surface area contributed by atoms with Crippen LogP contribution in [-0.4, -0.2) is 88.6 Å². The number of carbonyl (C=O) groups excluding carboxylic acids is 2. The molecular weight excluding hydrogens is 546 g/mol. The van der Waals surface area contributed by atoms with E-state index in [0.717, 1.165) is 57.8 Å². The van der Waals surface area contributed by atoms with Crippen molar-refractivity contribution in [1.82, 2.24) is 19.7 Å². The molecule has 2 N–H and O–H groups in total. The molecule has 5 rings (SSSR count). The summed E-state index contributed by atoms with van der Waals surface area (Å²) in [6.07, 6.45) is 6.50. The molecule has 3 heterocycles. The van der Waals surface area contributed by atoms with E-state index in [9.17, 15) is 14.4 Å². The highest BCUT2D eigenvalue weighted by molar-refractivity contribution is 6.04. The Morgan fingerprint density at radius 2 is 1.49 bits per heavy atom. The first-order valence-corrected chi connectivity index (χ1v) is 15.0. The molecule has 2 saturated heterocycles. The summed E-state index contributed by atoms with van der Waals surface area (Å²) >= 11 is 0. The van der Waals surface area contributed by atoms with Gasteiger partial charge < -0.3 is 20.1 Å². The van der Waals surface area contributed by atoms with E-state index in [1.165, 1.54) is 31.0 Å². The third kappa shape index (κ3) is 8.86. The molecule has 0 aliphatic carbocycles. The fraction of sp³-hybridized carbons (Fsp3) is 0.394. The lowest BCUT2D eigenvalue weighted by Gasteiger charge is -2.34. The van der Waals surface area contributed by atoms with Gasteiger partial charge in [-0.1, -0.05) is 18.6 Å². The number of carboxylic acids is 1. The minimum absolute atomic E-state index is 0.181. The number of aromatic carboxylic acids is 1. The van der Waals surface area contributed by atoms with E-state index in [-0.39, 0.29) is 17.6 Å². The first-order valence-electron chi connectivity index (χ1n) is 15.0. The summed E-state index contributed by atoms with van der Waals surface area (Å²) in [7, 11) is 0. The zero-order valence-electron chi connectivity index (χ0n) is 24.4. The summed E-state index contributed by atoms with van der Waals surface area (Å²) in [4.78, 5) is 47.1. The van der Waals surface area contributed by atoms with Crippen molar-refractivity contribution in [2.75, 3.05) is 51.1 Å². The van der Waals surface area contributed by atoms with Gasteiger partial charge >= 0.3 is 12.1 Å². The number of rotatable bonds is 10. The number of piperidine rings is 1. The summed E-state index contributed by atoms with van der Waals surface area (Å²) in [6, 6.07) is 17.9. The molecule has 43 heavy (non-hydrogen) atoms. The predicted molar refractivity (Wildman–Crippen MR) is 164 cm³/mol.